The molecule has 0 aromatic carbocycles. The number of nitrogens with zero attached hydrogens (tertiary/aromatic N) is 4. The number of pyridine rings is 1. The van der Waals surface area contributed by atoms with Crippen LogP contribution in [0.5, 0.6) is 0 Å². The molecule has 22 heavy (non-hydrogen) atoms. The molecule has 2 aromatic rings. The van der Waals surface area contributed by atoms with Crippen LogP contribution < -0.4 is 5.73 Å². The predicted octanol–water partition coefficient (Wildman–Crippen LogP) is 1.91. The molecule has 0 radical (unpaired) electrons. The highest BCUT2D eigenvalue weighted by Gasteiger charge is 2.37. The molecule has 0 aliphatic carbocycles. The third-order valence-electron chi connectivity index (χ3n) is 3.73. The van der Waals surface area contributed by atoms with Crippen molar-refractivity contribution in [2.45, 2.75) is 25.8 Å². The van der Waals surface area contributed by atoms with Crippen molar-refractivity contribution in [1.29, 1.82) is 0 Å². The van der Waals surface area contributed by atoms with Gasteiger partial charge in [0.15, 0.2) is 5.96 Å². The molecule has 0 bridgehead atoms. The van der Waals surface area contributed by atoms with Gasteiger partial charge in [-0.25, -0.2) is 9.98 Å². The highest BCUT2D eigenvalue weighted by Crippen LogP contribution is 2.38. The van der Waals surface area contributed by atoms with Gasteiger partial charge in [-0.2, -0.15) is 0 Å². The van der Waals surface area contributed by atoms with E-state index in [9.17, 15) is 4.79 Å². The third-order valence-corrected chi connectivity index (χ3v) is 5.03. The van der Waals surface area contributed by atoms with E-state index >= 15 is 0 Å². The van der Waals surface area contributed by atoms with Crippen LogP contribution in [0.15, 0.2) is 29.6 Å². The minimum atomic E-state index is -0.652. The average molecular weight is 315 g/mol. The molecular formula is C15H17N5OS. The monoisotopic (exact) mass is 315 g/mol. The van der Waals surface area contributed by atoms with E-state index in [1.807, 2.05) is 19.9 Å². The summed E-state index contributed by atoms with van der Waals surface area (Å²) in [5.41, 5.74) is 7.25. The summed E-state index contributed by atoms with van der Waals surface area (Å²) in [6, 6.07) is 2.04. The molecule has 0 spiro atoms. The van der Waals surface area contributed by atoms with Crippen LogP contribution in [0, 0.1) is 6.92 Å². The van der Waals surface area contributed by atoms with E-state index in [4.69, 9.17) is 5.73 Å². The van der Waals surface area contributed by atoms with Gasteiger partial charge in [-0.1, -0.05) is 0 Å². The van der Waals surface area contributed by atoms with Crippen LogP contribution in [0.2, 0.25) is 0 Å². The zero-order valence-electron chi connectivity index (χ0n) is 12.7. The molecule has 0 fully saturated rings. The first-order chi connectivity index (χ1) is 10.4. The van der Waals surface area contributed by atoms with Gasteiger partial charge >= 0.3 is 0 Å². The standard InChI is InChI=1S/C15H17N5OS/c1-9-4-10(7-17-6-9)13-18-8-11(22-13)15(2)5-12(21)20(3)14(16)19-15/h4,6-8H,5H2,1-3H3,(H2,16,19)/t15-/m0/s1. The predicted molar refractivity (Wildman–Crippen MR) is 86.4 cm³/mol. The number of amides is 1. The number of guanidine groups is 1. The Hall–Kier alpha value is -2.28. The number of carbonyl (C=O) groups excluding carboxylic acids is 1. The van der Waals surface area contributed by atoms with E-state index in [2.05, 4.69) is 15.0 Å². The fourth-order valence-electron chi connectivity index (χ4n) is 2.38. The molecule has 7 heteroatoms. The van der Waals surface area contributed by atoms with E-state index in [0.29, 0.717) is 0 Å². The second-order valence-electron chi connectivity index (χ2n) is 5.65. The summed E-state index contributed by atoms with van der Waals surface area (Å²) in [5, 5.41) is 0.868. The summed E-state index contributed by atoms with van der Waals surface area (Å²) in [6.45, 7) is 3.91. The van der Waals surface area contributed by atoms with Crippen molar-refractivity contribution in [3.05, 3.63) is 35.1 Å². The second kappa shape index (κ2) is 5.17. The highest BCUT2D eigenvalue weighted by molar-refractivity contribution is 7.15. The number of hydrogen-bond acceptors (Lipinski definition) is 6. The molecule has 1 atom stereocenters. The lowest BCUT2D eigenvalue weighted by Gasteiger charge is -2.32. The minimum Gasteiger partial charge on any atom is -0.369 e. The lowest BCUT2D eigenvalue weighted by atomic mass is 9.95. The van der Waals surface area contributed by atoms with E-state index in [1.165, 1.54) is 16.2 Å². The molecule has 0 saturated heterocycles. The summed E-state index contributed by atoms with van der Waals surface area (Å²) < 4.78 is 0. The molecular weight excluding hydrogens is 298 g/mol. The van der Waals surface area contributed by atoms with Crippen LogP contribution in [0.1, 0.15) is 23.8 Å². The number of aromatic nitrogens is 2. The number of thiazole rings is 1. The summed E-state index contributed by atoms with van der Waals surface area (Å²) in [4.78, 5) is 27.5. The van der Waals surface area contributed by atoms with Crippen LogP contribution in [0.4, 0.5) is 0 Å². The maximum Gasteiger partial charge on any atom is 0.231 e. The smallest absolute Gasteiger partial charge is 0.231 e. The quantitative estimate of drug-likeness (QED) is 0.917. The van der Waals surface area contributed by atoms with Gasteiger partial charge in [-0.15, -0.1) is 11.3 Å². The molecule has 3 rings (SSSR count). The van der Waals surface area contributed by atoms with Crippen LogP contribution in [-0.2, 0) is 10.3 Å². The lowest BCUT2D eigenvalue weighted by molar-refractivity contribution is -0.128. The fourth-order valence-corrected chi connectivity index (χ4v) is 3.37. The van der Waals surface area contributed by atoms with Crippen LogP contribution >= 0.6 is 11.3 Å². The Morgan fingerprint density at radius 3 is 2.82 bits per heavy atom. The molecule has 1 aliphatic heterocycles. The van der Waals surface area contributed by atoms with Crippen molar-refractivity contribution in [3.63, 3.8) is 0 Å². The largest absolute Gasteiger partial charge is 0.369 e. The first-order valence-corrected chi connectivity index (χ1v) is 7.71. The molecule has 3 heterocycles. The van der Waals surface area contributed by atoms with Crippen molar-refractivity contribution >= 4 is 23.2 Å². The number of carbonyl (C=O) groups is 1. The van der Waals surface area contributed by atoms with Crippen molar-refractivity contribution in [2.75, 3.05) is 7.05 Å². The Morgan fingerprint density at radius 2 is 2.14 bits per heavy atom. The molecule has 0 saturated carbocycles. The molecule has 2 aromatic heterocycles. The zero-order valence-corrected chi connectivity index (χ0v) is 13.5. The summed E-state index contributed by atoms with van der Waals surface area (Å²) in [6.07, 6.45) is 5.66. The number of aryl methyl sites for hydroxylation is 1. The molecule has 2 N–H and O–H groups in total. The van der Waals surface area contributed by atoms with Crippen LogP contribution in [0.25, 0.3) is 10.6 Å². The number of rotatable bonds is 2. The van der Waals surface area contributed by atoms with Gasteiger partial charge < -0.3 is 5.73 Å². The highest BCUT2D eigenvalue weighted by atomic mass is 32.1. The zero-order chi connectivity index (χ0) is 15.9. The van der Waals surface area contributed by atoms with E-state index < -0.39 is 5.54 Å². The molecule has 6 nitrogen and oxygen atoms in total. The van der Waals surface area contributed by atoms with Crippen molar-refractivity contribution in [1.82, 2.24) is 14.9 Å². The Balaban J connectivity index is 1.99. The maximum atomic E-state index is 12.1. The Labute approximate surface area is 132 Å². The summed E-state index contributed by atoms with van der Waals surface area (Å²) >= 11 is 1.52. The van der Waals surface area contributed by atoms with E-state index in [1.54, 1.807) is 25.6 Å². The van der Waals surface area contributed by atoms with Gasteiger partial charge in [0.05, 0.1) is 11.3 Å². The van der Waals surface area contributed by atoms with E-state index in [-0.39, 0.29) is 18.3 Å². The number of nitrogens with two attached hydrogens (primary N) is 1. The van der Waals surface area contributed by atoms with Gasteiger partial charge in [-0.05, 0) is 25.5 Å². The van der Waals surface area contributed by atoms with Crippen molar-refractivity contribution in [3.8, 4) is 10.6 Å². The topological polar surface area (TPSA) is 84.5 Å². The Kier molecular flexibility index (Phi) is 3.44. The van der Waals surface area contributed by atoms with Crippen LogP contribution in [-0.4, -0.2) is 33.8 Å². The normalized spacial score (nSPS) is 21.9. The molecule has 1 amide bonds. The minimum absolute atomic E-state index is 0.0397. The first-order valence-electron chi connectivity index (χ1n) is 6.89. The fraction of sp³-hybridized carbons (Fsp3) is 0.333. The van der Waals surface area contributed by atoms with Gasteiger partial charge in [-0.3, -0.25) is 14.7 Å². The number of hydrogen-bond donors (Lipinski definition) is 1. The average Bonchev–Trinajstić information content (AvgIpc) is 2.95. The lowest BCUT2D eigenvalue weighted by Crippen LogP contribution is -2.47. The maximum absolute atomic E-state index is 12.1. The first kappa shape index (κ1) is 14.6. The van der Waals surface area contributed by atoms with Gasteiger partial charge in [0, 0.05) is 31.2 Å². The second-order valence-corrected chi connectivity index (χ2v) is 6.68. The number of aliphatic imine (C=N–C) groups is 1. The Bertz CT molecular complexity index is 769. The summed E-state index contributed by atoms with van der Waals surface area (Å²) in [7, 11) is 1.64. The van der Waals surface area contributed by atoms with Crippen molar-refractivity contribution in [2.24, 2.45) is 10.7 Å². The molecule has 114 valence electrons. The molecule has 0 unspecified atom stereocenters. The SMILES string of the molecule is Cc1cncc(-c2ncc([C@]3(C)CC(=O)N(C)C(N)=N3)s2)c1. The Morgan fingerprint density at radius 1 is 1.36 bits per heavy atom. The van der Waals surface area contributed by atoms with E-state index in [0.717, 1.165) is 21.0 Å². The van der Waals surface area contributed by atoms with Crippen molar-refractivity contribution < 1.29 is 4.79 Å². The van der Waals surface area contributed by atoms with Gasteiger partial charge in [0.25, 0.3) is 0 Å². The van der Waals surface area contributed by atoms with Gasteiger partial charge in [0.2, 0.25) is 5.91 Å². The van der Waals surface area contributed by atoms with Gasteiger partial charge in [0.1, 0.15) is 10.5 Å². The summed E-state index contributed by atoms with van der Waals surface area (Å²) in [5.74, 6) is 0.202. The molecule has 1 aliphatic rings. The van der Waals surface area contributed by atoms with Crippen LogP contribution in [0.3, 0.4) is 0 Å². The third kappa shape index (κ3) is 2.48.